The second-order valence-electron chi connectivity index (χ2n) is 10.5. The second kappa shape index (κ2) is 11.3. The molecule has 1 unspecified atom stereocenters. The Balaban J connectivity index is 1.04. The molecule has 8 nitrogen and oxygen atoms in total. The van der Waals surface area contributed by atoms with E-state index in [1.54, 1.807) is 6.20 Å². The minimum absolute atomic E-state index is 0.202. The van der Waals surface area contributed by atoms with E-state index in [1.807, 2.05) is 41.9 Å². The number of carbonyl (C=O) groups excluding carboxylic acids is 1. The standard InChI is InChI=1S/C32H30N6O2S/c39-32(30-20-41-31(35-30)18-38-13-5-8-23(17-38)40-19-21-6-2-1-3-7-21)36-28-14-22(15-29-26(28)16-34-37-29)24-9-4-10-27-25(24)11-12-33-27/h1-4,6-7,9-12,14-16,20,23,33H,5,8,13,17-19H2,(H,34,37)(H,36,39). The Bertz CT molecular complexity index is 1810. The van der Waals surface area contributed by atoms with Gasteiger partial charge >= 0.3 is 0 Å². The number of amides is 1. The number of rotatable bonds is 8. The Kier molecular flexibility index (Phi) is 7.06. The summed E-state index contributed by atoms with van der Waals surface area (Å²) in [6.45, 7) is 3.22. The first-order valence-electron chi connectivity index (χ1n) is 13.9. The van der Waals surface area contributed by atoms with Crippen molar-refractivity contribution in [3.05, 3.63) is 101 Å². The van der Waals surface area contributed by atoms with Gasteiger partial charge in [0.15, 0.2) is 0 Å². The van der Waals surface area contributed by atoms with Crippen molar-refractivity contribution in [2.75, 3.05) is 18.4 Å². The predicted octanol–water partition coefficient (Wildman–Crippen LogP) is 6.60. The van der Waals surface area contributed by atoms with Crippen molar-refractivity contribution < 1.29 is 9.53 Å². The molecule has 0 saturated carbocycles. The summed E-state index contributed by atoms with van der Waals surface area (Å²) in [5, 5.41) is 15.1. The van der Waals surface area contributed by atoms with Crippen molar-refractivity contribution in [3.8, 4) is 11.1 Å². The van der Waals surface area contributed by atoms with Gasteiger partial charge < -0.3 is 15.0 Å². The summed E-state index contributed by atoms with van der Waals surface area (Å²) in [7, 11) is 0. The van der Waals surface area contributed by atoms with Crippen LogP contribution in [0.25, 0.3) is 32.9 Å². The van der Waals surface area contributed by atoms with Crippen molar-refractivity contribution in [2.45, 2.75) is 32.1 Å². The van der Waals surface area contributed by atoms with Crippen LogP contribution in [0.15, 0.2) is 84.5 Å². The van der Waals surface area contributed by atoms with Gasteiger partial charge in [-0.15, -0.1) is 11.3 Å². The van der Waals surface area contributed by atoms with Gasteiger partial charge in [-0.3, -0.25) is 14.8 Å². The first kappa shape index (κ1) is 25.6. The van der Waals surface area contributed by atoms with Gasteiger partial charge in [-0.25, -0.2) is 4.98 Å². The molecule has 3 aromatic carbocycles. The molecule has 1 aliphatic rings. The Morgan fingerprint density at radius 1 is 1.07 bits per heavy atom. The van der Waals surface area contributed by atoms with Crippen LogP contribution >= 0.6 is 11.3 Å². The zero-order valence-corrected chi connectivity index (χ0v) is 23.3. The third kappa shape index (κ3) is 5.52. The highest BCUT2D eigenvalue weighted by molar-refractivity contribution is 7.09. The lowest BCUT2D eigenvalue weighted by atomic mass is 9.99. The molecule has 3 N–H and O–H groups in total. The third-order valence-corrected chi connectivity index (χ3v) is 8.48. The number of hydrogen-bond acceptors (Lipinski definition) is 6. The highest BCUT2D eigenvalue weighted by Gasteiger charge is 2.22. The molecule has 9 heteroatoms. The zero-order chi connectivity index (χ0) is 27.6. The maximum Gasteiger partial charge on any atom is 0.275 e. The average molecular weight is 563 g/mol. The van der Waals surface area contributed by atoms with Crippen LogP contribution in [-0.4, -0.2) is 50.2 Å². The van der Waals surface area contributed by atoms with Crippen LogP contribution in [-0.2, 0) is 17.9 Å². The van der Waals surface area contributed by atoms with Crippen LogP contribution in [0.3, 0.4) is 0 Å². The molecule has 4 heterocycles. The second-order valence-corrected chi connectivity index (χ2v) is 11.4. The van der Waals surface area contributed by atoms with E-state index in [-0.39, 0.29) is 12.0 Å². The fraction of sp³-hybridized carbons (Fsp3) is 0.219. The van der Waals surface area contributed by atoms with Gasteiger partial charge in [-0.05, 0) is 60.3 Å². The number of nitrogens with zero attached hydrogens (tertiary/aromatic N) is 3. The van der Waals surface area contributed by atoms with Crippen molar-refractivity contribution in [1.29, 1.82) is 0 Å². The van der Waals surface area contributed by atoms with Gasteiger partial charge in [0, 0.05) is 34.4 Å². The first-order chi connectivity index (χ1) is 20.2. The van der Waals surface area contributed by atoms with Crippen LogP contribution in [0.2, 0.25) is 0 Å². The molecular weight excluding hydrogens is 532 g/mol. The van der Waals surface area contributed by atoms with Crippen LogP contribution in [0.4, 0.5) is 5.69 Å². The van der Waals surface area contributed by atoms with Crippen LogP contribution in [0, 0.1) is 0 Å². The number of likely N-dealkylation sites (tertiary alicyclic amines) is 1. The van der Waals surface area contributed by atoms with E-state index >= 15 is 0 Å². The minimum atomic E-state index is -0.227. The number of H-pyrrole nitrogens is 2. The van der Waals surface area contributed by atoms with Gasteiger partial charge in [-0.1, -0.05) is 42.5 Å². The Hall–Kier alpha value is -4.31. The van der Waals surface area contributed by atoms with Crippen molar-refractivity contribution in [1.82, 2.24) is 25.1 Å². The number of nitrogens with one attached hydrogen (secondary N) is 3. The normalized spacial score (nSPS) is 16.0. The molecular formula is C32H30N6O2S. The summed E-state index contributed by atoms with van der Waals surface area (Å²) in [5.41, 5.74) is 6.32. The van der Waals surface area contributed by atoms with Gasteiger partial charge in [0.05, 0.1) is 36.7 Å². The molecule has 1 atom stereocenters. The molecule has 7 rings (SSSR count). The third-order valence-electron chi connectivity index (χ3n) is 7.65. The molecule has 41 heavy (non-hydrogen) atoms. The van der Waals surface area contributed by atoms with Gasteiger partial charge in [0.2, 0.25) is 0 Å². The van der Waals surface area contributed by atoms with E-state index < -0.39 is 0 Å². The van der Waals surface area contributed by atoms with E-state index in [1.165, 1.54) is 16.9 Å². The number of thiazole rings is 1. The number of benzene rings is 3. The zero-order valence-electron chi connectivity index (χ0n) is 22.5. The first-order valence-corrected chi connectivity index (χ1v) is 14.7. The maximum atomic E-state index is 13.3. The summed E-state index contributed by atoms with van der Waals surface area (Å²) in [4.78, 5) is 23.7. The van der Waals surface area contributed by atoms with Gasteiger partial charge in [0.25, 0.3) is 5.91 Å². The van der Waals surface area contributed by atoms with Crippen LogP contribution in [0.1, 0.15) is 33.9 Å². The molecule has 1 amide bonds. The Morgan fingerprint density at radius 3 is 2.93 bits per heavy atom. The number of aromatic nitrogens is 4. The number of piperidine rings is 1. The molecule has 1 aliphatic heterocycles. The molecule has 6 aromatic rings. The largest absolute Gasteiger partial charge is 0.372 e. The molecule has 1 fully saturated rings. The number of aromatic amines is 2. The van der Waals surface area contributed by atoms with E-state index in [9.17, 15) is 4.79 Å². The number of ether oxygens (including phenoxy) is 1. The smallest absolute Gasteiger partial charge is 0.275 e. The van der Waals surface area contributed by atoms with E-state index in [2.05, 4.69) is 61.8 Å². The number of anilines is 1. The molecule has 0 spiro atoms. The van der Waals surface area contributed by atoms with Crippen LogP contribution in [0.5, 0.6) is 0 Å². The molecule has 3 aromatic heterocycles. The topological polar surface area (TPSA) is 98.9 Å². The van der Waals surface area contributed by atoms with E-state index in [0.29, 0.717) is 24.5 Å². The summed E-state index contributed by atoms with van der Waals surface area (Å²) in [6, 6.07) is 22.6. The summed E-state index contributed by atoms with van der Waals surface area (Å²) < 4.78 is 6.20. The highest BCUT2D eigenvalue weighted by Crippen LogP contribution is 2.34. The monoisotopic (exact) mass is 562 g/mol. The highest BCUT2D eigenvalue weighted by atomic mass is 32.1. The summed E-state index contributed by atoms with van der Waals surface area (Å²) >= 11 is 1.52. The number of fused-ring (bicyclic) bond motifs is 2. The van der Waals surface area contributed by atoms with Crippen molar-refractivity contribution in [3.63, 3.8) is 0 Å². The van der Waals surface area contributed by atoms with E-state index in [0.717, 1.165) is 63.9 Å². The molecule has 0 aliphatic carbocycles. The fourth-order valence-electron chi connectivity index (χ4n) is 5.59. The van der Waals surface area contributed by atoms with Gasteiger partial charge in [0.1, 0.15) is 10.7 Å². The molecule has 0 bridgehead atoms. The quantitative estimate of drug-likeness (QED) is 0.194. The Morgan fingerprint density at radius 2 is 2.00 bits per heavy atom. The lowest BCUT2D eigenvalue weighted by molar-refractivity contribution is -0.0120. The molecule has 206 valence electrons. The average Bonchev–Trinajstić information content (AvgIpc) is 3.78. The Labute approximate surface area is 241 Å². The maximum absolute atomic E-state index is 13.3. The van der Waals surface area contributed by atoms with Crippen molar-refractivity contribution in [2.24, 2.45) is 0 Å². The van der Waals surface area contributed by atoms with Crippen LogP contribution < -0.4 is 5.32 Å². The van der Waals surface area contributed by atoms with E-state index in [4.69, 9.17) is 9.72 Å². The molecule has 0 radical (unpaired) electrons. The molecule has 1 saturated heterocycles. The number of hydrogen-bond donors (Lipinski definition) is 3. The summed E-state index contributed by atoms with van der Waals surface area (Å²) in [6.07, 6.45) is 6.03. The SMILES string of the molecule is O=C(Nc1cc(-c2cccc3[nH]ccc23)cc2[nH]ncc12)c1csc(CN2CCCC(OCc3ccccc3)C2)n1. The number of carbonyl (C=O) groups is 1. The summed E-state index contributed by atoms with van der Waals surface area (Å²) in [5.74, 6) is -0.227. The van der Waals surface area contributed by atoms with Gasteiger partial charge in [-0.2, -0.15) is 5.10 Å². The van der Waals surface area contributed by atoms with Crippen molar-refractivity contribution >= 4 is 44.7 Å². The lowest BCUT2D eigenvalue weighted by Gasteiger charge is -2.32. The predicted molar refractivity (Wildman–Crippen MR) is 163 cm³/mol. The lowest BCUT2D eigenvalue weighted by Crippen LogP contribution is -2.39. The fourth-order valence-corrected chi connectivity index (χ4v) is 6.41. The minimum Gasteiger partial charge on any atom is -0.372 e.